The summed E-state index contributed by atoms with van der Waals surface area (Å²) < 4.78 is 37.7. The number of rotatable bonds is 4. The van der Waals surface area contributed by atoms with E-state index in [-0.39, 0.29) is 0 Å². The van der Waals surface area contributed by atoms with Gasteiger partial charge in [0, 0.05) is 24.8 Å². The fourth-order valence-corrected chi connectivity index (χ4v) is 1.48. The summed E-state index contributed by atoms with van der Waals surface area (Å²) in [6, 6.07) is -2.03. The second-order valence-corrected chi connectivity index (χ2v) is 4.15. The lowest BCUT2D eigenvalue weighted by Gasteiger charge is -2.18. The van der Waals surface area contributed by atoms with Gasteiger partial charge < -0.3 is 11.1 Å². The molecule has 0 saturated carbocycles. The highest BCUT2D eigenvalue weighted by Crippen LogP contribution is 2.21. The smallest absolute Gasteiger partial charge is 0.352 e. The number of halogens is 3. The van der Waals surface area contributed by atoms with E-state index >= 15 is 0 Å². The molecule has 1 aromatic rings. The van der Waals surface area contributed by atoms with Crippen LogP contribution in [-0.4, -0.2) is 27.9 Å². The Bertz CT molecular complexity index is 416. The molecular weight excluding hydrogens is 249 g/mol. The van der Waals surface area contributed by atoms with Crippen molar-refractivity contribution in [2.24, 2.45) is 12.8 Å². The molecule has 18 heavy (non-hydrogen) atoms. The number of amides is 1. The molecule has 0 aromatic carbocycles. The molecule has 1 aromatic heterocycles. The number of hydrogen-bond donors (Lipinski definition) is 2. The van der Waals surface area contributed by atoms with E-state index in [4.69, 9.17) is 5.73 Å². The Morgan fingerprint density at radius 2 is 2.22 bits per heavy atom. The molecule has 0 aliphatic rings. The molecule has 0 saturated heterocycles. The van der Waals surface area contributed by atoms with Gasteiger partial charge in [-0.25, -0.2) is 0 Å². The van der Waals surface area contributed by atoms with Crippen molar-refractivity contribution >= 4 is 5.91 Å². The SMILES string of the molecule is CC(CC(F)(F)F)NC(=O)C(N)c1cnn(C)c1. The summed E-state index contributed by atoms with van der Waals surface area (Å²) in [6.45, 7) is 1.28. The van der Waals surface area contributed by atoms with Crippen LogP contribution in [0.15, 0.2) is 12.4 Å². The minimum Gasteiger partial charge on any atom is -0.352 e. The van der Waals surface area contributed by atoms with Crippen LogP contribution in [0.3, 0.4) is 0 Å². The molecule has 3 N–H and O–H groups in total. The largest absolute Gasteiger partial charge is 0.391 e. The maximum atomic E-state index is 12.1. The van der Waals surface area contributed by atoms with Gasteiger partial charge in [-0.3, -0.25) is 9.48 Å². The monoisotopic (exact) mass is 264 g/mol. The van der Waals surface area contributed by atoms with Crippen LogP contribution in [0.2, 0.25) is 0 Å². The van der Waals surface area contributed by atoms with Crippen LogP contribution in [-0.2, 0) is 11.8 Å². The summed E-state index contributed by atoms with van der Waals surface area (Å²) in [5.41, 5.74) is 6.07. The normalized spacial score (nSPS) is 15.2. The van der Waals surface area contributed by atoms with Crippen molar-refractivity contribution in [3.8, 4) is 0 Å². The maximum absolute atomic E-state index is 12.1. The van der Waals surface area contributed by atoms with E-state index in [1.807, 2.05) is 0 Å². The molecule has 1 amide bonds. The van der Waals surface area contributed by atoms with Crippen molar-refractivity contribution < 1.29 is 18.0 Å². The lowest BCUT2D eigenvalue weighted by atomic mass is 10.1. The Balaban J connectivity index is 2.55. The van der Waals surface area contributed by atoms with Gasteiger partial charge >= 0.3 is 6.18 Å². The number of aromatic nitrogens is 2. The minimum absolute atomic E-state index is 0.453. The molecule has 8 heteroatoms. The number of carbonyl (C=O) groups is 1. The molecule has 0 aliphatic heterocycles. The zero-order chi connectivity index (χ0) is 13.9. The average Bonchev–Trinajstić information content (AvgIpc) is 2.60. The van der Waals surface area contributed by atoms with Gasteiger partial charge in [0.05, 0.1) is 12.6 Å². The summed E-state index contributed by atoms with van der Waals surface area (Å²) >= 11 is 0. The number of nitrogens with two attached hydrogens (primary N) is 1. The van der Waals surface area contributed by atoms with Crippen molar-refractivity contribution in [2.75, 3.05) is 0 Å². The second-order valence-electron chi connectivity index (χ2n) is 4.15. The van der Waals surface area contributed by atoms with Crippen molar-refractivity contribution in [3.05, 3.63) is 18.0 Å². The van der Waals surface area contributed by atoms with Gasteiger partial charge in [-0.05, 0) is 6.92 Å². The minimum atomic E-state index is -4.31. The van der Waals surface area contributed by atoms with Gasteiger partial charge in [-0.15, -0.1) is 0 Å². The lowest BCUT2D eigenvalue weighted by molar-refractivity contribution is -0.141. The van der Waals surface area contributed by atoms with E-state index in [0.717, 1.165) is 0 Å². The second kappa shape index (κ2) is 5.38. The van der Waals surface area contributed by atoms with Crippen LogP contribution >= 0.6 is 0 Å². The molecule has 2 unspecified atom stereocenters. The molecule has 0 spiro atoms. The average molecular weight is 264 g/mol. The molecule has 2 atom stereocenters. The predicted octanol–water partition coefficient (Wildman–Crippen LogP) is 0.877. The highest BCUT2D eigenvalue weighted by Gasteiger charge is 2.31. The molecule has 0 bridgehead atoms. The number of aryl methyl sites for hydroxylation is 1. The molecule has 0 fully saturated rings. The van der Waals surface area contributed by atoms with Crippen LogP contribution < -0.4 is 11.1 Å². The first-order valence-electron chi connectivity index (χ1n) is 5.30. The van der Waals surface area contributed by atoms with Gasteiger partial charge in [-0.1, -0.05) is 0 Å². The third kappa shape index (κ3) is 4.36. The molecule has 5 nitrogen and oxygen atoms in total. The van der Waals surface area contributed by atoms with Gasteiger partial charge in [0.15, 0.2) is 0 Å². The van der Waals surface area contributed by atoms with Gasteiger partial charge in [0.1, 0.15) is 6.04 Å². The van der Waals surface area contributed by atoms with Crippen molar-refractivity contribution in [1.29, 1.82) is 0 Å². The van der Waals surface area contributed by atoms with E-state index in [1.54, 1.807) is 13.2 Å². The van der Waals surface area contributed by atoms with Crippen LogP contribution in [0.1, 0.15) is 24.9 Å². The molecule has 1 rings (SSSR count). The highest BCUT2D eigenvalue weighted by molar-refractivity contribution is 5.83. The summed E-state index contributed by atoms with van der Waals surface area (Å²) in [4.78, 5) is 11.6. The summed E-state index contributed by atoms with van der Waals surface area (Å²) in [5.74, 6) is -0.653. The molecule has 102 valence electrons. The van der Waals surface area contributed by atoms with Crippen molar-refractivity contribution in [1.82, 2.24) is 15.1 Å². The van der Waals surface area contributed by atoms with Gasteiger partial charge in [0.2, 0.25) is 5.91 Å². The number of carbonyl (C=O) groups excluding carboxylic acids is 1. The Kier molecular flexibility index (Phi) is 4.33. The van der Waals surface area contributed by atoms with Crippen LogP contribution in [0.4, 0.5) is 13.2 Å². The molecule has 1 heterocycles. The Morgan fingerprint density at radius 3 is 2.67 bits per heavy atom. The Hall–Kier alpha value is -1.57. The van der Waals surface area contributed by atoms with E-state index in [9.17, 15) is 18.0 Å². The standard InChI is InChI=1S/C10H15F3N4O/c1-6(3-10(11,12)13)16-9(18)8(14)7-4-15-17(2)5-7/h4-6,8H,3,14H2,1-2H3,(H,16,18). The summed E-state index contributed by atoms with van der Waals surface area (Å²) in [7, 11) is 1.65. The van der Waals surface area contributed by atoms with E-state index in [0.29, 0.717) is 5.56 Å². The quantitative estimate of drug-likeness (QED) is 0.847. The van der Waals surface area contributed by atoms with Crippen LogP contribution in [0.25, 0.3) is 0 Å². The van der Waals surface area contributed by atoms with E-state index in [1.165, 1.54) is 17.8 Å². The summed E-state index contributed by atoms with van der Waals surface area (Å²) in [5, 5.41) is 6.06. The van der Waals surface area contributed by atoms with E-state index < -0.39 is 30.6 Å². The Labute approximate surface area is 102 Å². The van der Waals surface area contributed by atoms with E-state index in [2.05, 4.69) is 10.4 Å². The van der Waals surface area contributed by atoms with Crippen LogP contribution in [0, 0.1) is 0 Å². The Morgan fingerprint density at radius 1 is 1.61 bits per heavy atom. The van der Waals surface area contributed by atoms with Gasteiger partial charge in [-0.2, -0.15) is 18.3 Å². The molecule has 0 aliphatic carbocycles. The highest BCUT2D eigenvalue weighted by atomic mass is 19.4. The zero-order valence-electron chi connectivity index (χ0n) is 10.0. The first-order valence-corrected chi connectivity index (χ1v) is 5.30. The van der Waals surface area contributed by atoms with Crippen molar-refractivity contribution in [3.63, 3.8) is 0 Å². The van der Waals surface area contributed by atoms with Crippen molar-refractivity contribution in [2.45, 2.75) is 31.6 Å². The molecular formula is C10H15F3N4O. The third-order valence-electron chi connectivity index (χ3n) is 2.29. The third-order valence-corrected chi connectivity index (χ3v) is 2.29. The zero-order valence-corrected chi connectivity index (χ0v) is 10.0. The lowest BCUT2D eigenvalue weighted by Crippen LogP contribution is -2.41. The first kappa shape index (κ1) is 14.5. The fourth-order valence-electron chi connectivity index (χ4n) is 1.48. The predicted molar refractivity (Wildman–Crippen MR) is 58.4 cm³/mol. The van der Waals surface area contributed by atoms with Crippen LogP contribution in [0.5, 0.6) is 0 Å². The number of hydrogen-bond acceptors (Lipinski definition) is 3. The molecule has 0 radical (unpaired) electrons. The fraction of sp³-hybridized carbons (Fsp3) is 0.600. The number of nitrogens with one attached hydrogen (secondary N) is 1. The topological polar surface area (TPSA) is 72.9 Å². The van der Waals surface area contributed by atoms with Gasteiger partial charge in [0.25, 0.3) is 0 Å². The number of nitrogens with zero attached hydrogens (tertiary/aromatic N) is 2. The maximum Gasteiger partial charge on any atom is 0.391 e. The first-order chi connectivity index (χ1) is 8.19. The number of alkyl halides is 3. The summed E-state index contributed by atoms with van der Waals surface area (Å²) in [6.07, 6.45) is -2.46.